The fourth-order valence-corrected chi connectivity index (χ4v) is 2.16. The van der Waals surface area contributed by atoms with E-state index in [0.717, 1.165) is 0 Å². The minimum atomic E-state index is -0.841. The van der Waals surface area contributed by atoms with Crippen LogP contribution in [0.2, 0.25) is 0 Å². The van der Waals surface area contributed by atoms with Crippen molar-refractivity contribution in [1.82, 2.24) is 14.8 Å². The summed E-state index contributed by atoms with van der Waals surface area (Å²) < 4.78 is 6.03. The molecule has 0 unspecified atom stereocenters. The first-order valence-electron chi connectivity index (χ1n) is 5.16. The quantitative estimate of drug-likeness (QED) is 0.462. The third-order valence-electron chi connectivity index (χ3n) is 2.25. The van der Waals surface area contributed by atoms with Crippen molar-refractivity contribution in [3.8, 4) is 0 Å². The molecule has 7 nitrogen and oxygen atoms in total. The van der Waals surface area contributed by atoms with Gasteiger partial charge in [0, 0.05) is 12.8 Å². The zero-order valence-corrected chi connectivity index (χ0v) is 11.5. The molecule has 0 aromatic carbocycles. The number of aromatic nitrogens is 3. The van der Waals surface area contributed by atoms with Gasteiger partial charge in [0.05, 0.1) is 12.5 Å². The Morgan fingerprint density at radius 1 is 1.50 bits per heavy atom. The van der Waals surface area contributed by atoms with E-state index in [1.54, 1.807) is 20.9 Å². The number of esters is 1. The Morgan fingerprint density at radius 3 is 2.67 bits per heavy atom. The van der Waals surface area contributed by atoms with Gasteiger partial charge in [-0.3, -0.25) is 24.2 Å². The summed E-state index contributed by atoms with van der Waals surface area (Å²) in [6.07, 6.45) is 0. The van der Waals surface area contributed by atoms with E-state index in [1.807, 2.05) is 0 Å². The Kier molecular flexibility index (Phi) is 4.33. The fourth-order valence-electron chi connectivity index (χ4n) is 1.17. The van der Waals surface area contributed by atoms with Gasteiger partial charge in [0.25, 0.3) is 0 Å². The van der Waals surface area contributed by atoms with Crippen LogP contribution in [0.15, 0.2) is 14.7 Å². The maximum atomic E-state index is 11.5. The highest BCUT2D eigenvalue weighted by atomic mass is 32.2. The number of nitrogens with zero attached hydrogens (tertiary/aromatic N) is 2. The van der Waals surface area contributed by atoms with Crippen LogP contribution >= 0.6 is 11.8 Å². The number of aromatic amines is 1. The predicted octanol–water partition coefficient (Wildman–Crippen LogP) is -0.240. The van der Waals surface area contributed by atoms with Gasteiger partial charge in [-0.15, -0.1) is 0 Å². The molecule has 1 aromatic heterocycles. The Bertz CT molecular complexity index is 561. The monoisotopic (exact) mass is 273 g/mol. The van der Waals surface area contributed by atoms with Gasteiger partial charge in [-0.2, -0.15) is 4.98 Å². The van der Waals surface area contributed by atoms with Crippen molar-refractivity contribution < 1.29 is 9.53 Å². The Balaban J connectivity index is 2.88. The lowest BCUT2D eigenvalue weighted by Crippen LogP contribution is -2.34. The van der Waals surface area contributed by atoms with Crippen LogP contribution in [0.4, 0.5) is 0 Å². The summed E-state index contributed by atoms with van der Waals surface area (Å²) in [4.78, 5) is 37.3. The minimum absolute atomic E-state index is 0.343. The van der Waals surface area contributed by atoms with E-state index in [0.29, 0.717) is 10.9 Å². The molecule has 1 heterocycles. The molecule has 1 aromatic rings. The maximum Gasteiger partial charge on any atom is 0.339 e. The summed E-state index contributed by atoms with van der Waals surface area (Å²) in [5.41, 5.74) is -2.31. The molecule has 100 valence electrons. The number of hydrogen-bond acceptors (Lipinski definition) is 6. The molecule has 0 bridgehead atoms. The average Bonchev–Trinajstić information content (AvgIpc) is 2.31. The molecule has 0 amide bonds. The molecule has 0 aliphatic carbocycles. The van der Waals surface area contributed by atoms with Crippen LogP contribution in [0.3, 0.4) is 0 Å². The van der Waals surface area contributed by atoms with E-state index in [1.165, 1.54) is 23.6 Å². The maximum absolute atomic E-state index is 11.5. The molecule has 1 N–H and O–H groups in total. The normalized spacial score (nSPS) is 11.3. The molecular weight excluding hydrogens is 258 g/mol. The fraction of sp³-hybridized carbons (Fsp3) is 0.600. The van der Waals surface area contributed by atoms with Crippen molar-refractivity contribution in [3.63, 3.8) is 0 Å². The number of hydrogen-bond donors (Lipinski definition) is 1. The topological polar surface area (TPSA) is 94.1 Å². The van der Waals surface area contributed by atoms with Gasteiger partial charge in [-0.25, -0.2) is 0 Å². The van der Waals surface area contributed by atoms with Crippen LogP contribution in [0.1, 0.15) is 13.8 Å². The Hall–Kier alpha value is -1.57. The summed E-state index contributed by atoms with van der Waals surface area (Å²) in [6.45, 7) is 3.46. The van der Waals surface area contributed by atoms with Crippen molar-refractivity contribution in [2.24, 2.45) is 12.5 Å². The summed E-state index contributed by atoms with van der Waals surface area (Å²) in [6, 6.07) is 0. The number of aryl methyl sites for hydroxylation is 1. The molecule has 0 aliphatic rings. The van der Waals surface area contributed by atoms with Crippen LogP contribution in [-0.2, 0) is 16.6 Å². The van der Waals surface area contributed by atoms with Crippen molar-refractivity contribution in [2.45, 2.75) is 19.0 Å². The van der Waals surface area contributed by atoms with Gasteiger partial charge in [0.15, 0.2) is 5.16 Å². The number of thioether (sulfide) groups is 1. The SMILES string of the molecule is COC(=O)C(C)(C)CSc1nc(=O)c(=O)[nH]n1C. The zero-order valence-electron chi connectivity index (χ0n) is 10.6. The van der Waals surface area contributed by atoms with Gasteiger partial charge in [0.2, 0.25) is 0 Å². The predicted molar refractivity (Wildman–Crippen MR) is 66.6 cm³/mol. The summed E-state index contributed by atoms with van der Waals surface area (Å²) in [7, 11) is 2.89. The van der Waals surface area contributed by atoms with E-state index in [2.05, 4.69) is 14.8 Å². The summed E-state index contributed by atoms with van der Waals surface area (Å²) >= 11 is 1.20. The van der Waals surface area contributed by atoms with Crippen molar-refractivity contribution >= 4 is 17.7 Å². The van der Waals surface area contributed by atoms with Crippen molar-refractivity contribution in [2.75, 3.05) is 12.9 Å². The first-order valence-corrected chi connectivity index (χ1v) is 6.15. The van der Waals surface area contributed by atoms with E-state index < -0.39 is 16.5 Å². The molecule has 8 heteroatoms. The third kappa shape index (κ3) is 3.22. The van der Waals surface area contributed by atoms with Crippen molar-refractivity contribution in [3.05, 3.63) is 20.7 Å². The second-order valence-electron chi connectivity index (χ2n) is 4.36. The molecule has 0 radical (unpaired) electrons. The highest BCUT2D eigenvalue weighted by Gasteiger charge is 2.29. The lowest BCUT2D eigenvalue weighted by Gasteiger charge is -2.20. The van der Waals surface area contributed by atoms with E-state index in [4.69, 9.17) is 0 Å². The molecule has 0 saturated heterocycles. The number of H-pyrrole nitrogens is 1. The first kappa shape index (κ1) is 14.5. The van der Waals surface area contributed by atoms with E-state index in [9.17, 15) is 14.4 Å². The third-order valence-corrected chi connectivity index (χ3v) is 3.74. The Morgan fingerprint density at radius 2 is 2.11 bits per heavy atom. The average molecular weight is 273 g/mol. The van der Waals surface area contributed by atoms with Crippen LogP contribution < -0.4 is 11.1 Å². The smallest absolute Gasteiger partial charge is 0.339 e. The van der Waals surface area contributed by atoms with Crippen LogP contribution in [0.25, 0.3) is 0 Å². The molecule has 0 spiro atoms. The van der Waals surface area contributed by atoms with Gasteiger partial charge >= 0.3 is 17.1 Å². The highest BCUT2D eigenvalue weighted by Crippen LogP contribution is 2.26. The van der Waals surface area contributed by atoms with Crippen LogP contribution in [0, 0.1) is 5.41 Å². The second kappa shape index (κ2) is 5.38. The zero-order chi connectivity index (χ0) is 13.9. The molecule has 0 aliphatic heterocycles. The lowest BCUT2D eigenvalue weighted by atomic mass is 9.97. The lowest BCUT2D eigenvalue weighted by molar-refractivity contribution is -0.149. The highest BCUT2D eigenvalue weighted by molar-refractivity contribution is 7.99. The van der Waals surface area contributed by atoms with Gasteiger partial charge in [0.1, 0.15) is 0 Å². The van der Waals surface area contributed by atoms with Crippen molar-refractivity contribution in [1.29, 1.82) is 0 Å². The van der Waals surface area contributed by atoms with Crippen LogP contribution in [-0.4, -0.2) is 33.6 Å². The largest absolute Gasteiger partial charge is 0.469 e. The van der Waals surface area contributed by atoms with Gasteiger partial charge in [-0.1, -0.05) is 11.8 Å². The van der Waals surface area contributed by atoms with Gasteiger partial charge in [-0.05, 0) is 13.8 Å². The Labute approximate surface area is 108 Å². The first-order chi connectivity index (χ1) is 8.27. The number of carbonyl (C=O) groups is 1. The van der Waals surface area contributed by atoms with Gasteiger partial charge < -0.3 is 4.74 Å². The summed E-state index contributed by atoms with van der Waals surface area (Å²) in [5, 5.41) is 2.68. The second-order valence-corrected chi connectivity index (χ2v) is 5.31. The standard InChI is InChI=1S/C10H15N3O4S/c1-10(2,8(16)17-4)5-18-9-11-6(14)7(15)12-13(9)3/h5H2,1-4H3,(H,12,15). The number of rotatable bonds is 4. The van der Waals surface area contributed by atoms with Crippen LogP contribution in [0.5, 0.6) is 0 Å². The molecule has 0 atom stereocenters. The number of ether oxygens (including phenoxy) is 1. The molecular formula is C10H15N3O4S. The summed E-state index contributed by atoms with van der Waals surface area (Å²) in [5.74, 6) is 0.0378. The number of nitrogens with one attached hydrogen (secondary N) is 1. The molecule has 0 fully saturated rings. The number of methoxy groups -OCH3 is 1. The molecule has 0 saturated carbocycles. The minimum Gasteiger partial charge on any atom is -0.469 e. The van der Waals surface area contributed by atoms with E-state index >= 15 is 0 Å². The number of carbonyl (C=O) groups excluding carboxylic acids is 1. The molecule has 1 rings (SSSR count). The molecule has 18 heavy (non-hydrogen) atoms. The van der Waals surface area contributed by atoms with E-state index in [-0.39, 0.29) is 5.97 Å².